The van der Waals surface area contributed by atoms with E-state index in [2.05, 4.69) is 17.2 Å². The van der Waals surface area contributed by atoms with Crippen LogP contribution in [0.5, 0.6) is 0 Å². The molecule has 1 heterocycles. The first-order chi connectivity index (χ1) is 8.54. The lowest BCUT2D eigenvalue weighted by molar-refractivity contribution is -0.131. The molecule has 0 spiro atoms. The molecular formula is C13H24N4O. The van der Waals surface area contributed by atoms with Gasteiger partial charge in [0.1, 0.15) is 6.54 Å². The molecule has 1 aromatic rings. The van der Waals surface area contributed by atoms with Crippen molar-refractivity contribution in [3.05, 3.63) is 18.2 Å². The average molecular weight is 252 g/mol. The Kier molecular flexibility index (Phi) is 5.85. The molecule has 5 nitrogen and oxygen atoms in total. The number of carbonyl (C=O) groups is 1. The van der Waals surface area contributed by atoms with Crippen molar-refractivity contribution >= 4 is 5.91 Å². The molecular weight excluding hydrogens is 228 g/mol. The summed E-state index contributed by atoms with van der Waals surface area (Å²) in [6.07, 6.45) is 4.75. The Morgan fingerprint density at radius 1 is 1.56 bits per heavy atom. The van der Waals surface area contributed by atoms with Crippen LogP contribution < -0.4 is 5.32 Å². The van der Waals surface area contributed by atoms with Crippen LogP contribution in [0.4, 0.5) is 0 Å². The zero-order chi connectivity index (χ0) is 13.5. The molecule has 5 heteroatoms. The molecule has 0 aliphatic rings. The molecule has 1 rings (SSSR count). The third-order valence-corrected chi connectivity index (χ3v) is 2.91. The fourth-order valence-corrected chi connectivity index (χ4v) is 1.53. The van der Waals surface area contributed by atoms with Crippen LogP contribution in [0, 0.1) is 0 Å². The second-order valence-electron chi connectivity index (χ2n) is 4.81. The zero-order valence-electron chi connectivity index (χ0n) is 11.8. The molecule has 18 heavy (non-hydrogen) atoms. The minimum Gasteiger partial charge on any atom is -0.342 e. The molecule has 1 amide bonds. The molecule has 0 unspecified atom stereocenters. The van der Waals surface area contributed by atoms with Gasteiger partial charge in [-0.1, -0.05) is 6.92 Å². The van der Waals surface area contributed by atoms with E-state index in [1.807, 2.05) is 31.7 Å². The van der Waals surface area contributed by atoms with Crippen LogP contribution in [0.15, 0.2) is 12.5 Å². The van der Waals surface area contributed by atoms with Crippen LogP contribution in [0.3, 0.4) is 0 Å². The topological polar surface area (TPSA) is 50.2 Å². The van der Waals surface area contributed by atoms with Crippen molar-refractivity contribution in [1.29, 1.82) is 0 Å². The van der Waals surface area contributed by atoms with E-state index >= 15 is 0 Å². The summed E-state index contributed by atoms with van der Waals surface area (Å²) < 4.78 is 1.84. The highest BCUT2D eigenvalue weighted by atomic mass is 16.2. The van der Waals surface area contributed by atoms with Crippen molar-refractivity contribution < 1.29 is 4.79 Å². The van der Waals surface area contributed by atoms with Gasteiger partial charge in [-0.05, 0) is 26.8 Å². The summed E-state index contributed by atoms with van der Waals surface area (Å²) in [5.41, 5.74) is 0.975. The number of nitrogens with one attached hydrogen (secondary N) is 1. The van der Waals surface area contributed by atoms with Gasteiger partial charge in [0.05, 0.1) is 12.0 Å². The Morgan fingerprint density at radius 2 is 2.28 bits per heavy atom. The number of imidazole rings is 1. The standard InChI is InChI=1S/C13H24N4O/c1-5-6-14-7-12-8-17(10-15-12)9-13(18)16(4)11(2)3/h8,10-11,14H,5-7,9H2,1-4H3. The second kappa shape index (κ2) is 7.16. The predicted molar refractivity (Wildman–Crippen MR) is 72.1 cm³/mol. The van der Waals surface area contributed by atoms with E-state index in [1.54, 1.807) is 11.2 Å². The number of likely N-dealkylation sites (N-methyl/N-ethyl adjacent to an activating group) is 1. The molecule has 0 saturated heterocycles. The molecule has 0 aromatic carbocycles. The van der Waals surface area contributed by atoms with Gasteiger partial charge in [-0.3, -0.25) is 4.79 Å². The lowest BCUT2D eigenvalue weighted by atomic mass is 10.3. The SMILES string of the molecule is CCCNCc1cn(CC(=O)N(C)C(C)C)cn1. The maximum Gasteiger partial charge on any atom is 0.242 e. The largest absolute Gasteiger partial charge is 0.342 e. The van der Waals surface area contributed by atoms with Crippen molar-refractivity contribution in [3.8, 4) is 0 Å². The summed E-state index contributed by atoms with van der Waals surface area (Å²) in [5, 5.41) is 3.29. The second-order valence-corrected chi connectivity index (χ2v) is 4.81. The number of nitrogens with zero attached hydrogens (tertiary/aromatic N) is 3. The van der Waals surface area contributed by atoms with E-state index in [9.17, 15) is 4.79 Å². The Bertz CT molecular complexity index is 373. The molecule has 0 saturated carbocycles. The van der Waals surface area contributed by atoms with E-state index in [-0.39, 0.29) is 11.9 Å². The molecule has 0 aliphatic carbocycles. The number of carbonyl (C=O) groups excluding carboxylic acids is 1. The minimum atomic E-state index is 0.107. The van der Waals surface area contributed by atoms with Gasteiger partial charge < -0.3 is 14.8 Å². The lowest BCUT2D eigenvalue weighted by Gasteiger charge is -2.21. The number of aromatic nitrogens is 2. The summed E-state index contributed by atoms with van der Waals surface area (Å²) in [6.45, 7) is 8.25. The van der Waals surface area contributed by atoms with Crippen molar-refractivity contribution in [2.45, 2.75) is 46.3 Å². The summed E-state index contributed by atoms with van der Waals surface area (Å²) in [5.74, 6) is 0.107. The fourth-order valence-electron chi connectivity index (χ4n) is 1.53. The lowest BCUT2D eigenvalue weighted by Crippen LogP contribution is -2.35. The third kappa shape index (κ3) is 4.49. The van der Waals surface area contributed by atoms with Crippen LogP contribution in [-0.2, 0) is 17.9 Å². The molecule has 0 fully saturated rings. The molecule has 0 aliphatic heterocycles. The van der Waals surface area contributed by atoms with Crippen molar-refractivity contribution in [3.63, 3.8) is 0 Å². The Labute approximate surface area is 109 Å². The van der Waals surface area contributed by atoms with Crippen LogP contribution in [-0.4, -0.2) is 40.0 Å². The van der Waals surface area contributed by atoms with Crippen LogP contribution in [0.1, 0.15) is 32.9 Å². The monoisotopic (exact) mass is 252 g/mol. The van der Waals surface area contributed by atoms with E-state index < -0.39 is 0 Å². The first-order valence-corrected chi connectivity index (χ1v) is 6.51. The number of rotatable bonds is 7. The maximum atomic E-state index is 11.9. The van der Waals surface area contributed by atoms with Gasteiger partial charge in [0.2, 0.25) is 5.91 Å². The van der Waals surface area contributed by atoms with E-state index in [0.717, 1.165) is 25.2 Å². The molecule has 0 atom stereocenters. The van der Waals surface area contributed by atoms with Gasteiger partial charge in [-0.25, -0.2) is 4.98 Å². The fraction of sp³-hybridized carbons (Fsp3) is 0.692. The van der Waals surface area contributed by atoms with Crippen molar-refractivity contribution in [1.82, 2.24) is 19.8 Å². The Morgan fingerprint density at radius 3 is 2.89 bits per heavy atom. The Hall–Kier alpha value is -1.36. The highest BCUT2D eigenvalue weighted by Gasteiger charge is 2.12. The first-order valence-electron chi connectivity index (χ1n) is 6.51. The normalized spacial score (nSPS) is 10.9. The van der Waals surface area contributed by atoms with Crippen molar-refractivity contribution in [2.75, 3.05) is 13.6 Å². The van der Waals surface area contributed by atoms with Gasteiger partial charge >= 0.3 is 0 Å². The first kappa shape index (κ1) is 14.7. The third-order valence-electron chi connectivity index (χ3n) is 2.91. The molecule has 0 bridgehead atoms. The van der Waals surface area contributed by atoms with Crippen LogP contribution in [0.2, 0.25) is 0 Å². The smallest absolute Gasteiger partial charge is 0.242 e. The summed E-state index contributed by atoms with van der Waals surface area (Å²) in [6, 6.07) is 0.228. The quantitative estimate of drug-likeness (QED) is 0.743. The predicted octanol–water partition coefficient (Wildman–Crippen LogP) is 1.25. The number of hydrogen-bond donors (Lipinski definition) is 1. The summed E-state index contributed by atoms with van der Waals surface area (Å²) in [7, 11) is 1.83. The number of hydrogen-bond acceptors (Lipinski definition) is 3. The van der Waals surface area contributed by atoms with E-state index in [1.165, 1.54) is 0 Å². The zero-order valence-corrected chi connectivity index (χ0v) is 11.8. The van der Waals surface area contributed by atoms with Crippen molar-refractivity contribution in [2.24, 2.45) is 0 Å². The van der Waals surface area contributed by atoms with Gasteiger partial charge in [-0.2, -0.15) is 0 Å². The molecule has 1 aromatic heterocycles. The van der Waals surface area contributed by atoms with E-state index in [4.69, 9.17) is 0 Å². The summed E-state index contributed by atoms with van der Waals surface area (Å²) in [4.78, 5) is 17.9. The minimum absolute atomic E-state index is 0.107. The highest BCUT2D eigenvalue weighted by Crippen LogP contribution is 2.00. The molecule has 102 valence electrons. The van der Waals surface area contributed by atoms with E-state index in [0.29, 0.717) is 6.54 Å². The Balaban J connectivity index is 2.46. The van der Waals surface area contributed by atoms with Crippen LogP contribution >= 0.6 is 0 Å². The van der Waals surface area contributed by atoms with Crippen LogP contribution in [0.25, 0.3) is 0 Å². The van der Waals surface area contributed by atoms with Gasteiger partial charge in [0.25, 0.3) is 0 Å². The average Bonchev–Trinajstić information content (AvgIpc) is 2.76. The molecule has 1 N–H and O–H groups in total. The molecule has 0 radical (unpaired) electrons. The van der Waals surface area contributed by atoms with Gasteiger partial charge in [0.15, 0.2) is 0 Å². The number of amides is 1. The maximum absolute atomic E-state index is 11.9. The van der Waals surface area contributed by atoms with Gasteiger partial charge in [0, 0.05) is 25.8 Å². The highest BCUT2D eigenvalue weighted by molar-refractivity contribution is 5.75. The van der Waals surface area contributed by atoms with Gasteiger partial charge in [-0.15, -0.1) is 0 Å². The summed E-state index contributed by atoms with van der Waals surface area (Å²) >= 11 is 0.